The molecule has 0 spiro atoms. The fourth-order valence-electron chi connectivity index (χ4n) is 3.49. The second kappa shape index (κ2) is 11.0. The summed E-state index contributed by atoms with van der Waals surface area (Å²) in [7, 11) is 4.05. The van der Waals surface area contributed by atoms with Crippen molar-refractivity contribution in [3.63, 3.8) is 0 Å². The standard InChI is InChI=1S/C21H28N8O2S2/c1-27(2)13-14-29-20(24-25-26-29)33-17-7-11-28(12-8-17)21(30)31-16-5-3-15(4-6-16)18(32)19-22-9-10-23-19/h3-6,9-10,17-18,32H,7-8,11-14H2,1-2H3,(H,22,23). The Hall–Kier alpha value is -2.57. The zero-order valence-corrected chi connectivity index (χ0v) is 20.4. The van der Waals surface area contributed by atoms with Crippen LogP contribution in [-0.2, 0) is 6.54 Å². The molecule has 3 heterocycles. The number of hydrogen-bond acceptors (Lipinski definition) is 9. The highest BCUT2D eigenvalue weighted by Crippen LogP contribution is 2.30. The number of likely N-dealkylation sites (N-methyl/N-ethyl adjacent to an activating group) is 1. The van der Waals surface area contributed by atoms with Crippen molar-refractivity contribution in [2.24, 2.45) is 0 Å². The normalized spacial score (nSPS) is 15.7. The van der Waals surface area contributed by atoms with Gasteiger partial charge in [0, 0.05) is 37.3 Å². The summed E-state index contributed by atoms with van der Waals surface area (Å²) in [5.41, 5.74) is 0.971. The second-order valence-corrected chi connectivity index (χ2v) is 9.89. The lowest BCUT2D eigenvalue weighted by Crippen LogP contribution is -2.41. The first kappa shape index (κ1) is 23.6. The van der Waals surface area contributed by atoms with E-state index in [2.05, 4.69) is 43.0 Å². The van der Waals surface area contributed by atoms with Crippen molar-refractivity contribution in [1.29, 1.82) is 0 Å². The van der Waals surface area contributed by atoms with Crippen molar-refractivity contribution < 1.29 is 9.53 Å². The van der Waals surface area contributed by atoms with Gasteiger partial charge in [0.05, 0.1) is 11.8 Å². The fourth-order valence-corrected chi connectivity index (χ4v) is 4.88. The molecule has 1 amide bonds. The number of amides is 1. The maximum atomic E-state index is 12.6. The molecule has 1 aromatic carbocycles. The third kappa shape index (κ3) is 6.27. The zero-order valence-electron chi connectivity index (χ0n) is 18.7. The summed E-state index contributed by atoms with van der Waals surface area (Å²) >= 11 is 6.29. The lowest BCUT2D eigenvalue weighted by atomic mass is 10.1. The third-order valence-electron chi connectivity index (χ3n) is 5.41. The molecule has 1 unspecified atom stereocenters. The molecule has 1 aliphatic heterocycles. The molecule has 0 saturated carbocycles. The quantitative estimate of drug-likeness (QED) is 0.467. The number of aromatic amines is 1. The van der Waals surface area contributed by atoms with E-state index in [-0.39, 0.29) is 11.3 Å². The van der Waals surface area contributed by atoms with Crippen LogP contribution < -0.4 is 4.74 Å². The number of imidazole rings is 1. The van der Waals surface area contributed by atoms with Crippen LogP contribution in [0.2, 0.25) is 0 Å². The predicted molar refractivity (Wildman–Crippen MR) is 129 cm³/mol. The number of nitrogens with one attached hydrogen (secondary N) is 1. The first-order valence-corrected chi connectivity index (χ1v) is 12.2. The highest BCUT2D eigenvalue weighted by molar-refractivity contribution is 7.99. The minimum atomic E-state index is -0.324. The number of carbonyl (C=O) groups is 1. The highest BCUT2D eigenvalue weighted by Gasteiger charge is 2.26. The van der Waals surface area contributed by atoms with Crippen molar-refractivity contribution in [3.8, 4) is 5.75 Å². The van der Waals surface area contributed by atoms with Crippen molar-refractivity contribution in [3.05, 3.63) is 48.0 Å². The monoisotopic (exact) mass is 488 g/mol. The molecular weight excluding hydrogens is 460 g/mol. The van der Waals surface area contributed by atoms with Crippen molar-refractivity contribution in [1.82, 2.24) is 40.0 Å². The van der Waals surface area contributed by atoms with Gasteiger partial charge in [0.25, 0.3) is 0 Å². The molecule has 0 bridgehead atoms. The van der Waals surface area contributed by atoms with Gasteiger partial charge in [-0.2, -0.15) is 12.6 Å². The Morgan fingerprint density at radius 3 is 2.73 bits per heavy atom. The number of ether oxygens (including phenoxy) is 1. The van der Waals surface area contributed by atoms with Crippen LogP contribution in [-0.4, -0.2) is 85.0 Å². The first-order chi connectivity index (χ1) is 16.0. The van der Waals surface area contributed by atoms with Gasteiger partial charge in [-0.05, 0) is 55.1 Å². The van der Waals surface area contributed by atoms with Crippen LogP contribution in [0.5, 0.6) is 5.75 Å². The van der Waals surface area contributed by atoms with Crippen LogP contribution >= 0.6 is 24.4 Å². The van der Waals surface area contributed by atoms with Gasteiger partial charge in [0.2, 0.25) is 5.16 Å². The summed E-state index contributed by atoms with van der Waals surface area (Å²) in [6, 6.07) is 7.36. The number of thioether (sulfide) groups is 1. The summed E-state index contributed by atoms with van der Waals surface area (Å²) in [4.78, 5) is 23.8. The van der Waals surface area contributed by atoms with Gasteiger partial charge in [-0.3, -0.25) is 0 Å². The summed E-state index contributed by atoms with van der Waals surface area (Å²) in [5, 5.41) is 13.1. The van der Waals surface area contributed by atoms with Gasteiger partial charge >= 0.3 is 6.09 Å². The van der Waals surface area contributed by atoms with E-state index in [1.54, 1.807) is 41.2 Å². The van der Waals surface area contributed by atoms with Crippen LogP contribution in [0.25, 0.3) is 0 Å². The molecule has 1 saturated heterocycles. The molecular formula is C21H28N8O2S2. The lowest BCUT2D eigenvalue weighted by molar-refractivity contribution is 0.143. The number of H-pyrrole nitrogens is 1. The molecule has 176 valence electrons. The number of carbonyl (C=O) groups excluding carboxylic acids is 1. The third-order valence-corrected chi connectivity index (χ3v) is 7.26. The SMILES string of the molecule is CN(C)CCn1nnnc1SC1CCN(C(=O)Oc2ccc(C(S)c3ncc[nH]3)cc2)CC1. The molecule has 1 atom stereocenters. The van der Waals surface area contributed by atoms with E-state index in [0.29, 0.717) is 24.1 Å². The summed E-state index contributed by atoms with van der Waals surface area (Å²) in [5.74, 6) is 1.29. The molecule has 2 aromatic heterocycles. The van der Waals surface area contributed by atoms with Crippen molar-refractivity contribution in [2.75, 3.05) is 33.7 Å². The molecule has 12 heteroatoms. The first-order valence-electron chi connectivity index (χ1n) is 10.8. The summed E-state index contributed by atoms with van der Waals surface area (Å²) < 4.78 is 7.43. The number of likely N-dealkylation sites (tertiary alicyclic amines) is 1. The van der Waals surface area contributed by atoms with Gasteiger partial charge in [-0.25, -0.2) is 14.5 Å². The van der Waals surface area contributed by atoms with E-state index in [9.17, 15) is 4.79 Å². The number of aromatic nitrogens is 6. The molecule has 10 nitrogen and oxygen atoms in total. The van der Waals surface area contributed by atoms with E-state index in [1.165, 1.54) is 0 Å². The largest absolute Gasteiger partial charge is 0.415 e. The molecule has 0 radical (unpaired) electrons. The molecule has 4 rings (SSSR count). The predicted octanol–water partition coefficient (Wildman–Crippen LogP) is 2.73. The number of hydrogen-bond donors (Lipinski definition) is 2. The Labute approximate surface area is 202 Å². The minimum Gasteiger partial charge on any atom is -0.410 e. The van der Waals surface area contributed by atoms with Gasteiger partial charge in [-0.1, -0.05) is 23.9 Å². The topological polar surface area (TPSA) is 105 Å². The number of benzene rings is 1. The van der Waals surface area contributed by atoms with Gasteiger partial charge < -0.3 is 19.5 Å². The lowest BCUT2D eigenvalue weighted by Gasteiger charge is -2.30. The van der Waals surface area contributed by atoms with Crippen LogP contribution in [0.15, 0.2) is 41.8 Å². The van der Waals surface area contributed by atoms with Crippen LogP contribution in [0.3, 0.4) is 0 Å². The van der Waals surface area contributed by atoms with Crippen LogP contribution in [0, 0.1) is 0 Å². The van der Waals surface area contributed by atoms with Gasteiger partial charge in [0.15, 0.2) is 0 Å². The number of piperidine rings is 1. The molecule has 1 fully saturated rings. The minimum absolute atomic E-state index is 0.162. The molecule has 3 aromatic rings. The molecule has 0 aliphatic carbocycles. The summed E-state index contributed by atoms with van der Waals surface area (Å²) in [6.45, 7) is 2.92. The number of tetrazole rings is 1. The Bertz CT molecular complexity index is 1020. The smallest absolute Gasteiger partial charge is 0.410 e. The van der Waals surface area contributed by atoms with Crippen molar-refractivity contribution in [2.45, 2.75) is 35.0 Å². The van der Waals surface area contributed by atoms with E-state index in [1.807, 2.05) is 30.9 Å². The average molecular weight is 489 g/mol. The van der Waals surface area contributed by atoms with E-state index in [4.69, 9.17) is 4.74 Å². The summed E-state index contributed by atoms with van der Waals surface area (Å²) in [6.07, 6.45) is 4.87. The Kier molecular flexibility index (Phi) is 7.89. The fraction of sp³-hybridized carbons (Fsp3) is 0.476. The Balaban J connectivity index is 1.25. The average Bonchev–Trinajstić information content (AvgIpc) is 3.50. The zero-order chi connectivity index (χ0) is 23.2. The van der Waals surface area contributed by atoms with Crippen LogP contribution in [0.1, 0.15) is 29.5 Å². The second-order valence-electron chi connectivity index (χ2n) is 8.11. The number of rotatable bonds is 8. The van der Waals surface area contributed by atoms with E-state index < -0.39 is 0 Å². The van der Waals surface area contributed by atoms with Gasteiger partial charge in [-0.15, -0.1) is 5.10 Å². The Morgan fingerprint density at radius 2 is 2.06 bits per heavy atom. The van der Waals surface area contributed by atoms with E-state index in [0.717, 1.165) is 42.5 Å². The van der Waals surface area contributed by atoms with E-state index >= 15 is 0 Å². The van der Waals surface area contributed by atoms with Crippen LogP contribution in [0.4, 0.5) is 4.79 Å². The molecule has 1 N–H and O–H groups in total. The van der Waals surface area contributed by atoms with Crippen molar-refractivity contribution >= 4 is 30.5 Å². The molecule has 1 aliphatic rings. The van der Waals surface area contributed by atoms with Gasteiger partial charge in [0.1, 0.15) is 11.6 Å². The Morgan fingerprint density at radius 1 is 1.30 bits per heavy atom. The molecule has 33 heavy (non-hydrogen) atoms. The number of nitrogens with zero attached hydrogens (tertiary/aromatic N) is 7. The maximum Gasteiger partial charge on any atom is 0.415 e. The number of thiol groups is 1. The highest BCUT2D eigenvalue weighted by atomic mass is 32.2. The maximum absolute atomic E-state index is 12.6.